The molecule has 128 valence electrons. The van der Waals surface area contributed by atoms with Crippen LogP contribution in [0.15, 0.2) is 54.9 Å². The molecule has 0 N–H and O–H groups in total. The number of hydrogen-bond acceptors (Lipinski definition) is 4. The molecule has 2 aromatic rings. The van der Waals surface area contributed by atoms with Crippen LogP contribution < -0.4 is 0 Å². The zero-order chi connectivity index (χ0) is 17.0. The summed E-state index contributed by atoms with van der Waals surface area (Å²) in [6.07, 6.45) is 3.50. The number of sulfonamides is 1. The fraction of sp³-hybridized carbons (Fsp3) is 0.389. The van der Waals surface area contributed by atoms with Crippen molar-refractivity contribution < 1.29 is 13.2 Å². The molecule has 0 radical (unpaired) electrons. The third kappa shape index (κ3) is 3.83. The standard InChI is InChI=1S/C18H22N2O3S/c1-23-13-17-11-20(12-18(17)16-7-9-19-10-8-16)24(21,22)14-15-5-3-2-4-6-15/h2-10,17-18H,11-14H2,1H3/t17-,18-/m0/s1. The Morgan fingerprint density at radius 2 is 1.83 bits per heavy atom. The van der Waals surface area contributed by atoms with Crippen molar-refractivity contribution in [2.24, 2.45) is 5.92 Å². The number of nitrogens with zero attached hydrogens (tertiary/aromatic N) is 2. The van der Waals surface area contributed by atoms with Crippen LogP contribution in [0, 0.1) is 5.92 Å². The molecule has 5 nitrogen and oxygen atoms in total. The maximum absolute atomic E-state index is 12.8. The SMILES string of the molecule is COC[C@@H]1CN(S(=O)(=O)Cc2ccccc2)C[C@H]1c1ccncc1. The average molecular weight is 346 g/mol. The van der Waals surface area contributed by atoms with Gasteiger partial charge >= 0.3 is 0 Å². The summed E-state index contributed by atoms with van der Waals surface area (Å²) in [5, 5.41) is 0. The zero-order valence-electron chi connectivity index (χ0n) is 13.7. The van der Waals surface area contributed by atoms with Gasteiger partial charge < -0.3 is 4.74 Å². The Balaban J connectivity index is 1.79. The fourth-order valence-electron chi connectivity index (χ4n) is 3.31. The van der Waals surface area contributed by atoms with E-state index in [2.05, 4.69) is 4.98 Å². The third-order valence-electron chi connectivity index (χ3n) is 4.51. The van der Waals surface area contributed by atoms with E-state index in [0.29, 0.717) is 19.7 Å². The van der Waals surface area contributed by atoms with E-state index in [0.717, 1.165) is 11.1 Å². The second-order valence-corrected chi connectivity index (χ2v) is 8.13. The zero-order valence-corrected chi connectivity index (χ0v) is 14.5. The molecule has 0 bridgehead atoms. The first kappa shape index (κ1) is 17.1. The Morgan fingerprint density at radius 1 is 1.12 bits per heavy atom. The minimum atomic E-state index is -3.34. The molecule has 2 heterocycles. The highest BCUT2D eigenvalue weighted by Gasteiger charge is 2.39. The van der Waals surface area contributed by atoms with Crippen LogP contribution in [0.1, 0.15) is 17.0 Å². The highest BCUT2D eigenvalue weighted by molar-refractivity contribution is 7.88. The minimum Gasteiger partial charge on any atom is -0.384 e. The van der Waals surface area contributed by atoms with E-state index in [1.165, 1.54) is 0 Å². The lowest BCUT2D eigenvalue weighted by Gasteiger charge is -2.17. The van der Waals surface area contributed by atoms with Crippen molar-refractivity contribution in [3.8, 4) is 0 Å². The number of methoxy groups -OCH3 is 1. The molecule has 1 aromatic carbocycles. The van der Waals surface area contributed by atoms with Crippen molar-refractivity contribution in [3.63, 3.8) is 0 Å². The largest absolute Gasteiger partial charge is 0.384 e. The van der Waals surface area contributed by atoms with Crippen molar-refractivity contribution >= 4 is 10.0 Å². The lowest BCUT2D eigenvalue weighted by molar-refractivity contribution is 0.151. The van der Waals surface area contributed by atoms with Gasteiger partial charge in [-0.05, 0) is 23.3 Å². The van der Waals surface area contributed by atoms with E-state index in [1.807, 2.05) is 42.5 Å². The quantitative estimate of drug-likeness (QED) is 0.805. The van der Waals surface area contributed by atoms with E-state index in [4.69, 9.17) is 4.74 Å². The molecule has 0 amide bonds. The first-order valence-electron chi connectivity index (χ1n) is 8.01. The van der Waals surface area contributed by atoms with Gasteiger partial charge in [0.25, 0.3) is 0 Å². The van der Waals surface area contributed by atoms with Crippen LogP contribution in [-0.4, -0.2) is 44.5 Å². The fourth-order valence-corrected chi connectivity index (χ4v) is 4.91. The summed E-state index contributed by atoms with van der Waals surface area (Å²) in [7, 11) is -1.69. The molecule has 24 heavy (non-hydrogen) atoms. The van der Waals surface area contributed by atoms with E-state index in [9.17, 15) is 8.42 Å². The Morgan fingerprint density at radius 3 is 2.50 bits per heavy atom. The normalized spacial score (nSPS) is 21.9. The Bertz CT molecular complexity index is 750. The molecule has 1 saturated heterocycles. The molecular formula is C18H22N2O3S. The number of ether oxygens (including phenoxy) is 1. The summed E-state index contributed by atoms with van der Waals surface area (Å²) in [5.41, 5.74) is 1.93. The second-order valence-electron chi connectivity index (χ2n) is 6.16. The average Bonchev–Trinajstić information content (AvgIpc) is 3.02. The molecule has 3 rings (SSSR count). The molecule has 0 unspecified atom stereocenters. The Labute approximate surface area is 143 Å². The molecule has 1 aromatic heterocycles. The number of rotatable bonds is 6. The van der Waals surface area contributed by atoms with Gasteiger partial charge in [-0.15, -0.1) is 0 Å². The van der Waals surface area contributed by atoms with Crippen LogP contribution in [0.4, 0.5) is 0 Å². The molecule has 1 fully saturated rings. The van der Waals surface area contributed by atoms with Crippen LogP contribution in [0.2, 0.25) is 0 Å². The summed E-state index contributed by atoms with van der Waals surface area (Å²) in [6, 6.07) is 13.2. The van der Waals surface area contributed by atoms with Crippen molar-refractivity contribution in [1.82, 2.24) is 9.29 Å². The van der Waals surface area contributed by atoms with Gasteiger partial charge in [0.15, 0.2) is 0 Å². The first-order chi connectivity index (χ1) is 11.6. The van der Waals surface area contributed by atoms with E-state index >= 15 is 0 Å². The van der Waals surface area contributed by atoms with Gasteiger partial charge in [-0.2, -0.15) is 0 Å². The Hall–Kier alpha value is -1.76. The number of benzene rings is 1. The summed E-state index contributed by atoms with van der Waals surface area (Å²) in [5.74, 6) is 0.331. The van der Waals surface area contributed by atoms with Gasteiger partial charge in [0.2, 0.25) is 10.0 Å². The molecule has 2 atom stereocenters. The number of hydrogen-bond donors (Lipinski definition) is 0. The summed E-state index contributed by atoms with van der Waals surface area (Å²) in [6.45, 7) is 1.54. The number of aromatic nitrogens is 1. The Kier molecular flexibility index (Phi) is 5.28. The van der Waals surface area contributed by atoms with Crippen molar-refractivity contribution in [2.45, 2.75) is 11.7 Å². The lowest BCUT2D eigenvalue weighted by Crippen LogP contribution is -2.30. The maximum Gasteiger partial charge on any atom is 0.218 e. The first-order valence-corrected chi connectivity index (χ1v) is 9.61. The van der Waals surface area contributed by atoms with Gasteiger partial charge in [-0.1, -0.05) is 30.3 Å². The smallest absolute Gasteiger partial charge is 0.218 e. The van der Waals surface area contributed by atoms with Crippen molar-refractivity contribution in [2.75, 3.05) is 26.8 Å². The van der Waals surface area contributed by atoms with Crippen LogP contribution in [0.3, 0.4) is 0 Å². The molecule has 1 aliphatic heterocycles. The molecule has 0 saturated carbocycles. The predicted octanol–water partition coefficient (Wildman–Crippen LogP) is 2.27. The van der Waals surface area contributed by atoms with E-state index in [1.54, 1.807) is 23.8 Å². The van der Waals surface area contributed by atoms with Gasteiger partial charge in [-0.3, -0.25) is 4.98 Å². The van der Waals surface area contributed by atoms with E-state index in [-0.39, 0.29) is 17.6 Å². The van der Waals surface area contributed by atoms with Gasteiger partial charge in [0.1, 0.15) is 0 Å². The van der Waals surface area contributed by atoms with Gasteiger partial charge in [0.05, 0.1) is 12.4 Å². The van der Waals surface area contributed by atoms with Crippen molar-refractivity contribution in [1.29, 1.82) is 0 Å². The molecular weight excluding hydrogens is 324 g/mol. The monoisotopic (exact) mass is 346 g/mol. The highest BCUT2D eigenvalue weighted by Crippen LogP contribution is 2.34. The predicted molar refractivity (Wildman–Crippen MR) is 93.0 cm³/mol. The van der Waals surface area contributed by atoms with Gasteiger partial charge in [0, 0.05) is 44.4 Å². The van der Waals surface area contributed by atoms with Crippen LogP contribution in [-0.2, 0) is 20.5 Å². The second kappa shape index (κ2) is 7.42. The van der Waals surface area contributed by atoms with E-state index < -0.39 is 10.0 Å². The lowest BCUT2D eigenvalue weighted by atomic mass is 9.90. The summed E-state index contributed by atoms with van der Waals surface area (Å²) >= 11 is 0. The third-order valence-corrected chi connectivity index (χ3v) is 6.29. The molecule has 6 heteroatoms. The summed E-state index contributed by atoms with van der Waals surface area (Å²) < 4.78 is 32.5. The summed E-state index contributed by atoms with van der Waals surface area (Å²) in [4.78, 5) is 4.05. The van der Waals surface area contributed by atoms with Crippen molar-refractivity contribution in [3.05, 3.63) is 66.0 Å². The maximum atomic E-state index is 12.8. The molecule has 0 aliphatic carbocycles. The topological polar surface area (TPSA) is 59.5 Å². The minimum absolute atomic E-state index is 0.0383. The molecule has 0 spiro atoms. The van der Waals surface area contributed by atoms with Crippen LogP contribution >= 0.6 is 0 Å². The highest BCUT2D eigenvalue weighted by atomic mass is 32.2. The van der Waals surface area contributed by atoms with Gasteiger partial charge in [-0.25, -0.2) is 12.7 Å². The van der Waals surface area contributed by atoms with Crippen LogP contribution in [0.5, 0.6) is 0 Å². The van der Waals surface area contributed by atoms with Crippen LogP contribution in [0.25, 0.3) is 0 Å². The number of pyridine rings is 1. The molecule has 1 aliphatic rings.